The number of aromatic amines is 1. The molecule has 1 saturated carbocycles. The van der Waals surface area contributed by atoms with E-state index in [0.717, 1.165) is 17.0 Å². The summed E-state index contributed by atoms with van der Waals surface area (Å²) < 4.78 is 0. The Morgan fingerprint density at radius 3 is 2.63 bits per heavy atom. The second-order valence-corrected chi connectivity index (χ2v) is 5.79. The maximum Gasteiger partial charge on any atom is 0.201 e. The first-order chi connectivity index (χ1) is 9.31. The van der Waals surface area contributed by atoms with Crippen LogP contribution in [0.25, 0.3) is 11.0 Å². The Kier molecular flexibility index (Phi) is 3.72. The Labute approximate surface area is 114 Å². The first-order valence-electron chi connectivity index (χ1n) is 7.54. The molecule has 0 bridgehead atoms. The molecule has 1 aromatic heterocycles. The number of rotatable bonds is 2. The van der Waals surface area contributed by atoms with Gasteiger partial charge in [-0.1, -0.05) is 38.2 Å². The van der Waals surface area contributed by atoms with Crippen molar-refractivity contribution in [3.63, 3.8) is 0 Å². The largest absolute Gasteiger partial charge is 0.353 e. The summed E-state index contributed by atoms with van der Waals surface area (Å²) in [5.74, 6) is 0.936. The topological polar surface area (TPSA) is 40.7 Å². The summed E-state index contributed by atoms with van der Waals surface area (Å²) in [5.41, 5.74) is 3.46. The van der Waals surface area contributed by atoms with Gasteiger partial charge in [0.25, 0.3) is 0 Å². The molecule has 0 atom stereocenters. The minimum Gasteiger partial charge on any atom is -0.353 e. The summed E-state index contributed by atoms with van der Waals surface area (Å²) >= 11 is 0. The Morgan fingerprint density at radius 1 is 1.11 bits per heavy atom. The van der Waals surface area contributed by atoms with Crippen molar-refractivity contribution in [2.75, 3.05) is 5.32 Å². The van der Waals surface area contributed by atoms with E-state index in [0.29, 0.717) is 6.04 Å². The van der Waals surface area contributed by atoms with E-state index in [4.69, 9.17) is 0 Å². The van der Waals surface area contributed by atoms with Crippen LogP contribution < -0.4 is 5.32 Å². The standard InChI is InChI=1S/C16H23N3/c1-12-9-10-14-15(11-12)19-16(18-14)17-13-7-5-3-2-4-6-8-13/h9-11,13H,2-8H2,1H3,(H2,17,18,19). The van der Waals surface area contributed by atoms with Crippen LogP contribution in [-0.4, -0.2) is 16.0 Å². The van der Waals surface area contributed by atoms with Crippen molar-refractivity contribution in [3.05, 3.63) is 23.8 Å². The van der Waals surface area contributed by atoms with Crippen LogP contribution in [-0.2, 0) is 0 Å². The van der Waals surface area contributed by atoms with Crippen molar-refractivity contribution < 1.29 is 0 Å². The van der Waals surface area contributed by atoms with Crippen LogP contribution in [0.3, 0.4) is 0 Å². The number of H-pyrrole nitrogens is 1. The maximum absolute atomic E-state index is 4.64. The third-order valence-electron chi connectivity index (χ3n) is 4.08. The van der Waals surface area contributed by atoms with Crippen molar-refractivity contribution in [1.29, 1.82) is 0 Å². The van der Waals surface area contributed by atoms with Crippen LogP contribution in [0.2, 0.25) is 0 Å². The zero-order valence-corrected chi connectivity index (χ0v) is 11.7. The van der Waals surface area contributed by atoms with Crippen molar-refractivity contribution in [2.24, 2.45) is 0 Å². The molecule has 3 rings (SSSR count). The molecule has 0 unspecified atom stereocenters. The summed E-state index contributed by atoms with van der Waals surface area (Å²) in [6.45, 7) is 2.11. The van der Waals surface area contributed by atoms with E-state index in [-0.39, 0.29) is 0 Å². The summed E-state index contributed by atoms with van der Waals surface area (Å²) in [6, 6.07) is 6.95. The number of nitrogens with one attached hydrogen (secondary N) is 2. The van der Waals surface area contributed by atoms with E-state index in [2.05, 4.69) is 40.4 Å². The van der Waals surface area contributed by atoms with Crippen LogP contribution in [0, 0.1) is 6.92 Å². The summed E-state index contributed by atoms with van der Waals surface area (Å²) in [5, 5.41) is 3.59. The van der Waals surface area contributed by atoms with Crippen LogP contribution in [0.1, 0.15) is 50.5 Å². The molecule has 1 fully saturated rings. The molecule has 0 aliphatic heterocycles. The smallest absolute Gasteiger partial charge is 0.201 e. The highest BCUT2D eigenvalue weighted by Crippen LogP contribution is 2.21. The number of anilines is 1. The molecule has 3 nitrogen and oxygen atoms in total. The fourth-order valence-electron chi connectivity index (χ4n) is 2.99. The van der Waals surface area contributed by atoms with E-state index >= 15 is 0 Å². The third-order valence-corrected chi connectivity index (χ3v) is 4.08. The lowest BCUT2D eigenvalue weighted by molar-refractivity contribution is 0.470. The van der Waals surface area contributed by atoms with Gasteiger partial charge in [-0.05, 0) is 37.5 Å². The maximum atomic E-state index is 4.64. The summed E-state index contributed by atoms with van der Waals surface area (Å²) in [7, 11) is 0. The van der Waals surface area contributed by atoms with E-state index in [1.54, 1.807) is 0 Å². The summed E-state index contributed by atoms with van der Waals surface area (Å²) in [4.78, 5) is 8.03. The molecule has 102 valence electrons. The van der Waals surface area contributed by atoms with E-state index in [1.807, 2.05) is 0 Å². The number of hydrogen-bond donors (Lipinski definition) is 2. The SMILES string of the molecule is Cc1ccc2nc(NC3CCCCCCC3)[nH]c2c1. The van der Waals surface area contributed by atoms with Gasteiger partial charge < -0.3 is 10.3 Å². The highest BCUT2D eigenvalue weighted by molar-refractivity contribution is 5.78. The van der Waals surface area contributed by atoms with Crippen molar-refractivity contribution in [2.45, 2.75) is 57.9 Å². The number of benzene rings is 1. The molecule has 1 heterocycles. The number of fused-ring (bicyclic) bond motifs is 1. The number of imidazole rings is 1. The van der Waals surface area contributed by atoms with Gasteiger partial charge in [-0.25, -0.2) is 4.98 Å². The Bertz CT molecular complexity index is 536. The third kappa shape index (κ3) is 3.09. The molecule has 2 aromatic rings. The number of aryl methyl sites for hydroxylation is 1. The Morgan fingerprint density at radius 2 is 1.84 bits per heavy atom. The fraction of sp³-hybridized carbons (Fsp3) is 0.562. The Balaban J connectivity index is 1.72. The molecule has 0 saturated heterocycles. The first kappa shape index (κ1) is 12.5. The second kappa shape index (κ2) is 5.64. The highest BCUT2D eigenvalue weighted by Gasteiger charge is 2.12. The average Bonchev–Trinajstić information content (AvgIpc) is 2.74. The van der Waals surface area contributed by atoms with E-state index in [1.165, 1.54) is 50.5 Å². The zero-order chi connectivity index (χ0) is 13.1. The van der Waals surface area contributed by atoms with Crippen LogP contribution >= 0.6 is 0 Å². The monoisotopic (exact) mass is 257 g/mol. The zero-order valence-electron chi connectivity index (χ0n) is 11.7. The lowest BCUT2D eigenvalue weighted by atomic mass is 9.97. The van der Waals surface area contributed by atoms with Gasteiger partial charge >= 0.3 is 0 Å². The molecule has 3 heteroatoms. The van der Waals surface area contributed by atoms with Gasteiger partial charge in [-0.3, -0.25) is 0 Å². The minimum atomic E-state index is 0.585. The first-order valence-corrected chi connectivity index (χ1v) is 7.54. The number of hydrogen-bond acceptors (Lipinski definition) is 2. The van der Waals surface area contributed by atoms with E-state index in [9.17, 15) is 0 Å². The van der Waals surface area contributed by atoms with Gasteiger partial charge in [0.05, 0.1) is 11.0 Å². The number of aromatic nitrogens is 2. The minimum absolute atomic E-state index is 0.585. The van der Waals surface area contributed by atoms with Crippen molar-refractivity contribution >= 4 is 17.0 Å². The molecule has 0 radical (unpaired) electrons. The molecule has 1 aliphatic rings. The predicted molar refractivity (Wildman–Crippen MR) is 80.6 cm³/mol. The molecular formula is C16H23N3. The second-order valence-electron chi connectivity index (χ2n) is 5.79. The fourth-order valence-corrected chi connectivity index (χ4v) is 2.99. The molecule has 19 heavy (non-hydrogen) atoms. The van der Waals surface area contributed by atoms with Gasteiger partial charge in [-0.2, -0.15) is 0 Å². The van der Waals surface area contributed by atoms with Crippen molar-refractivity contribution in [1.82, 2.24) is 9.97 Å². The lowest BCUT2D eigenvalue weighted by Gasteiger charge is -2.20. The quantitative estimate of drug-likeness (QED) is 0.837. The molecule has 0 spiro atoms. The van der Waals surface area contributed by atoms with Gasteiger partial charge in [-0.15, -0.1) is 0 Å². The molecule has 0 amide bonds. The lowest BCUT2D eigenvalue weighted by Crippen LogP contribution is -2.21. The molecule has 1 aliphatic carbocycles. The van der Waals surface area contributed by atoms with Gasteiger partial charge in [0.15, 0.2) is 0 Å². The average molecular weight is 257 g/mol. The number of nitrogens with zero attached hydrogens (tertiary/aromatic N) is 1. The highest BCUT2D eigenvalue weighted by atomic mass is 15.1. The van der Waals surface area contributed by atoms with Crippen molar-refractivity contribution in [3.8, 4) is 0 Å². The van der Waals surface area contributed by atoms with Gasteiger partial charge in [0.2, 0.25) is 5.95 Å². The normalized spacial score (nSPS) is 18.2. The predicted octanol–water partition coefficient (Wildman–Crippen LogP) is 4.40. The van der Waals surface area contributed by atoms with E-state index < -0.39 is 0 Å². The molecular weight excluding hydrogens is 234 g/mol. The molecule has 1 aromatic carbocycles. The Hall–Kier alpha value is -1.51. The van der Waals surface area contributed by atoms with Crippen LogP contribution in [0.4, 0.5) is 5.95 Å². The van der Waals surface area contributed by atoms with Gasteiger partial charge in [0.1, 0.15) is 0 Å². The molecule has 2 N–H and O–H groups in total. The summed E-state index contributed by atoms with van der Waals surface area (Å²) in [6.07, 6.45) is 9.42. The van der Waals surface area contributed by atoms with Crippen LogP contribution in [0.15, 0.2) is 18.2 Å². The van der Waals surface area contributed by atoms with Gasteiger partial charge in [0, 0.05) is 6.04 Å². The van der Waals surface area contributed by atoms with Crippen LogP contribution in [0.5, 0.6) is 0 Å².